The summed E-state index contributed by atoms with van der Waals surface area (Å²) < 4.78 is 26.1. The normalized spacial score (nSPS) is 11.8. The van der Waals surface area contributed by atoms with Crippen LogP contribution in [-0.4, -0.2) is 47.1 Å². The number of rotatable bonds is 6. The Morgan fingerprint density at radius 3 is 2.53 bits per heavy atom. The zero-order valence-electron chi connectivity index (χ0n) is 11.1. The van der Waals surface area contributed by atoms with Gasteiger partial charge in [0.1, 0.15) is 4.90 Å². The number of carboxylic acids is 1. The second kappa shape index (κ2) is 5.54. The molecule has 8 heteroatoms. The predicted octanol–water partition coefficient (Wildman–Crippen LogP) is 1.00. The number of nitrogens with zero attached hydrogens (tertiary/aromatic N) is 2. The van der Waals surface area contributed by atoms with Gasteiger partial charge in [-0.1, -0.05) is 19.1 Å². The first-order chi connectivity index (χ1) is 8.71. The van der Waals surface area contributed by atoms with Gasteiger partial charge in [-0.05, 0) is 13.8 Å². The number of aromatic nitrogens is 2. The highest BCUT2D eigenvalue weighted by molar-refractivity contribution is 7.89. The fourth-order valence-corrected chi connectivity index (χ4v) is 3.47. The maximum atomic E-state index is 12.5. The van der Waals surface area contributed by atoms with Crippen molar-refractivity contribution < 1.29 is 18.3 Å². The molecule has 1 aromatic heterocycles. The molecule has 0 aliphatic heterocycles. The van der Waals surface area contributed by atoms with E-state index in [1.807, 2.05) is 0 Å². The molecule has 0 saturated heterocycles. The Morgan fingerprint density at radius 2 is 2.11 bits per heavy atom. The minimum absolute atomic E-state index is 0.141. The van der Waals surface area contributed by atoms with E-state index < -0.39 is 21.7 Å². The van der Waals surface area contributed by atoms with Crippen molar-refractivity contribution in [3.05, 3.63) is 23.5 Å². The number of aryl methyl sites for hydroxylation is 1. The van der Waals surface area contributed by atoms with Gasteiger partial charge in [-0.2, -0.15) is 9.40 Å². The molecule has 0 unspecified atom stereocenters. The number of sulfonamides is 1. The third-order valence-corrected chi connectivity index (χ3v) is 4.57. The molecule has 1 heterocycles. The zero-order valence-corrected chi connectivity index (χ0v) is 11.9. The Hall–Kier alpha value is -1.67. The molecule has 1 aromatic rings. The van der Waals surface area contributed by atoms with Crippen LogP contribution in [0.25, 0.3) is 0 Å². The molecule has 0 fully saturated rings. The lowest BCUT2D eigenvalue weighted by molar-refractivity contribution is 0.0686. The summed E-state index contributed by atoms with van der Waals surface area (Å²) in [6.07, 6.45) is 0. The van der Waals surface area contributed by atoms with Crippen LogP contribution in [0.1, 0.15) is 30.0 Å². The van der Waals surface area contributed by atoms with Gasteiger partial charge in [0.2, 0.25) is 10.0 Å². The highest BCUT2D eigenvalue weighted by atomic mass is 32.2. The summed E-state index contributed by atoms with van der Waals surface area (Å²) in [5, 5.41) is 14.9. The second-order valence-corrected chi connectivity index (χ2v) is 6.09. The van der Waals surface area contributed by atoms with Crippen molar-refractivity contribution in [2.75, 3.05) is 13.1 Å². The predicted molar refractivity (Wildman–Crippen MR) is 69.5 cm³/mol. The van der Waals surface area contributed by atoms with E-state index in [0.717, 1.165) is 0 Å². The summed E-state index contributed by atoms with van der Waals surface area (Å²) in [6, 6.07) is 0. The van der Waals surface area contributed by atoms with Gasteiger partial charge in [0.15, 0.2) is 5.69 Å². The van der Waals surface area contributed by atoms with Crippen molar-refractivity contribution in [1.82, 2.24) is 14.5 Å². The molecule has 0 aliphatic carbocycles. The summed E-state index contributed by atoms with van der Waals surface area (Å²) >= 11 is 0. The fourth-order valence-electron chi connectivity index (χ4n) is 1.68. The van der Waals surface area contributed by atoms with Crippen LogP contribution < -0.4 is 0 Å². The van der Waals surface area contributed by atoms with E-state index in [-0.39, 0.29) is 23.7 Å². The average Bonchev–Trinajstić information content (AvgIpc) is 2.68. The van der Waals surface area contributed by atoms with Crippen LogP contribution in [0.4, 0.5) is 0 Å². The molecular weight excluding hydrogens is 270 g/mol. The van der Waals surface area contributed by atoms with Gasteiger partial charge < -0.3 is 5.11 Å². The van der Waals surface area contributed by atoms with Crippen LogP contribution in [0.5, 0.6) is 0 Å². The minimum Gasteiger partial charge on any atom is -0.476 e. The number of carboxylic acid groups (broad SMARTS) is 1. The molecule has 0 atom stereocenters. The summed E-state index contributed by atoms with van der Waals surface area (Å²) in [5.41, 5.74) is 0.388. The molecule has 1 rings (SSSR count). The highest BCUT2D eigenvalue weighted by Crippen LogP contribution is 2.22. The Bertz CT molecular complexity index is 603. The van der Waals surface area contributed by atoms with E-state index in [0.29, 0.717) is 5.57 Å². The lowest BCUT2D eigenvalue weighted by Crippen LogP contribution is -2.33. The first kappa shape index (κ1) is 15.4. The Balaban J connectivity index is 3.37. The van der Waals surface area contributed by atoms with E-state index in [9.17, 15) is 13.2 Å². The van der Waals surface area contributed by atoms with E-state index in [4.69, 9.17) is 5.11 Å². The van der Waals surface area contributed by atoms with Crippen LogP contribution in [0, 0.1) is 6.92 Å². The topological polar surface area (TPSA) is 103 Å². The molecule has 0 bridgehead atoms. The molecule has 0 spiro atoms. The van der Waals surface area contributed by atoms with Crippen LogP contribution >= 0.6 is 0 Å². The molecule has 106 valence electrons. The fraction of sp³-hybridized carbons (Fsp3) is 0.455. The molecule has 0 amide bonds. The highest BCUT2D eigenvalue weighted by Gasteiger charge is 2.32. The average molecular weight is 287 g/mol. The Morgan fingerprint density at radius 1 is 1.53 bits per heavy atom. The van der Waals surface area contributed by atoms with E-state index >= 15 is 0 Å². The third kappa shape index (κ3) is 3.02. The van der Waals surface area contributed by atoms with E-state index in [1.54, 1.807) is 13.8 Å². The van der Waals surface area contributed by atoms with Crippen molar-refractivity contribution in [3.8, 4) is 0 Å². The summed E-state index contributed by atoms with van der Waals surface area (Å²) in [5.74, 6) is -1.38. The SMILES string of the molecule is C=C(C)CN(CC)S(=O)(=O)c1c(C(=O)O)n[nH]c1C. The van der Waals surface area contributed by atoms with Crippen LogP contribution in [0.2, 0.25) is 0 Å². The van der Waals surface area contributed by atoms with Gasteiger partial charge in [-0.25, -0.2) is 13.2 Å². The lowest BCUT2D eigenvalue weighted by atomic mass is 10.3. The number of carbonyl (C=O) groups is 1. The number of H-pyrrole nitrogens is 1. The van der Waals surface area contributed by atoms with Crippen molar-refractivity contribution in [1.29, 1.82) is 0 Å². The van der Waals surface area contributed by atoms with Gasteiger partial charge >= 0.3 is 5.97 Å². The van der Waals surface area contributed by atoms with Crippen LogP contribution in [0.3, 0.4) is 0 Å². The van der Waals surface area contributed by atoms with Gasteiger partial charge in [0.05, 0.1) is 5.69 Å². The van der Waals surface area contributed by atoms with Gasteiger partial charge in [-0.15, -0.1) is 0 Å². The van der Waals surface area contributed by atoms with Crippen molar-refractivity contribution >= 4 is 16.0 Å². The minimum atomic E-state index is -3.91. The maximum Gasteiger partial charge on any atom is 0.357 e. The Kier molecular flexibility index (Phi) is 4.48. The molecule has 2 N–H and O–H groups in total. The lowest BCUT2D eigenvalue weighted by Gasteiger charge is -2.20. The number of aromatic carboxylic acids is 1. The van der Waals surface area contributed by atoms with E-state index in [1.165, 1.54) is 11.2 Å². The number of hydrogen-bond donors (Lipinski definition) is 2. The molecular formula is C11H17N3O4S. The first-order valence-corrected chi connectivity index (χ1v) is 7.08. The molecule has 19 heavy (non-hydrogen) atoms. The maximum absolute atomic E-state index is 12.5. The second-order valence-electron chi connectivity index (χ2n) is 4.22. The zero-order chi connectivity index (χ0) is 14.8. The first-order valence-electron chi connectivity index (χ1n) is 5.64. The smallest absolute Gasteiger partial charge is 0.357 e. The molecule has 0 aromatic carbocycles. The number of likely N-dealkylation sites (N-methyl/N-ethyl adjacent to an activating group) is 1. The van der Waals surface area contributed by atoms with Crippen molar-refractivity contribution in [3.63, 3.8) is 0 Å². The van der Waals surface area contributed by atoms with Crippen LogP contribution in [0.15, 0.2) is 17.0 Å². The monoisotopic (exact) mass is 287 g/mol. The molecule has 0 aliphatic rings. The third-order valence-electron chi connectivity index (χ3n) is 2.49. The van der Waals surface area contributed by atoms with Crippen LogP contribution in [-0.2, 0) is 10.0 Å². The standard InChI is InChI=1S/C11H17N3O4S/c1-5-14(6-7(2)3)19(17,18)10-8(4)12-13-9(10)11(15)16/h2,5-6H2,1,3-4H3,(H,12,13)(H,15,16). The largest absolute Gasteiger partial charge is 0.476 e. The van der Waals surface area contributed by atoms with Gasteiger partial charge in [0, 0.05) is 13.1 Å². The summed E-state index contributed by atoms with van der Waals surface area (Å²) in [4.78, 5) is 10.7. The van der Waals surface area contributed by atoms with Crippen molar-refractivity contribution in [2.45, 2.75) is 25.7 Å². The molecule has 7 nitrogen and oxygen atoms in total. The number of aromatic amines is 1. The summed E-state index contributed by atoms with van der Waals surface area (Å²) in [7, 11) is -3.91. The van der Waals surface area contributed by atoms with E-state index in [2.05, 4.69) is 16.8 Å². The molecule has 0 radical (unpaired) electrons. The van der Waals surface area contributed by atoms with Gasteiger partial charge in [-0.3, -0.25) is 5.10 Å². The number of nitrogens with one attached hydrogen (secondary N) is 1. The Labute approximate surface area is 112 Å². The quantitative estimate of drug-likeness (QED) is 0.760. The number of hydrogen-bond acceptors (Lipinski definition) is 4. The summed E-state index contributed by atoms with van der Waals surface area (Å²) in [6.45, 7) is 8.89. The van der Waals surface area contributed by atoms with Gasteiger partial charge in [0.25, 0.3) is 0 Å². The molecule has 0 saturated carbocycles. The van der Waals surface area contributed by atoms with Crippen molar-refractivity contribution in [2.24, 2.45) is 0 Å².